The molecule has 2 N–H and O–H groups in total. The highest BCUT2D eigenvalue weighted by Gasteiger charge is 2.18. The van der Waals surface area contributed by atoms with Gasteiger partial charge in [0.1, 0.15) is 36.4 Å². The minimum atomic E-state index is 0.435. The molecule has 0 aliphatic carbocycles. The van der Waals surface area contributed by atoms with Crippen LogP contribution in [0.1, 0.15) is 5.56 Å². The van der Waals surface area contributed by atoms with Crippen molar-refractivity contribution in [1.82, 2.24) is 34.9 Å². The molecule has 0 unspecified atom stereocenters. The average molecular weight is 470 g/mol. The number of hydrogen-bond donors (Lipinski definition) is 2. The summed E-state index contributed by atoms with van der Waals surface area (Å²) in [7, 11) is 1.99. The summed E-state index contributed by atoms with van der Waals surface area (Å²) in [6.07, 6.45) is 4.85. The molecule has 1 aromatic carbocycles. The minimum Gasteiger partial charge on any atom is -0.474 e. The Balaban J connectivity index is 1.28. The van der Waals surface area contributed by atoms with Crippen LogP contribution in [0.4, 0.5) is 17.3 Å². The third-order valence-electron chi connectivity index (χ3n) is 5.79. The molecule has 11 nitrogen and oxygen atoms in total. The first kappa shape index (κ1) is 21.1. The molecule has 5 aromatic rings. The number of hydrogen-bond acceptors (Lipinski definition) is 10. The summed E-state index contributed by atoms with van der Waals surface area (Å²) < 4.78 is 13.6. The highest BCUT2D eigenvalue weighted by atomic mass is 16.5. The number of aromatic nitrogens is 6. The first-order valence-corrected chi connectivity index (χ1v) is 11.2. The molecule has 0 spiro atoms. The van der Waals surface area contributed by atoms with Crippen molar-refractivity contribution in [3.8, 4) is 17.2 Å². The van der Waals surface area contributed by atoms with Crippen LogP contribution in [0.25, 0.3) is 16.7 Å². The lowest BCUT2D eigenvalue weighted by atomic mass is 10.2. The van der Waals surface area contributed by atoms with Crippen LogP contribution in [0.5, 0.6) is 17.2 Å². The molecule has 176 valence electrons. The number of nitrogens with zero attached hydrogens (tertiary/aromatic N) is 7. The van der Waals surface area contributed by atoms with Gasteiger partial charge in [0.25, 0.3) is 0 Å². The molecule has 0 amide bonds. The van der Waals surface area contributed by atoms with Crippen LogP contribution >= 0.6 is 0 Å². The Morgan fingerprint density at radius 2 is 2.03 bits per heavy atom. The highest BCUT2D eigenvalue weighted by Crippen LogP contribution is 2.33. The van der Waals surface area contributed by atoms with Crippen molar-refractivity contribution >= 4 is 34.0 Å². The minimum absolute atomic E-state index is 0.435. The van der Waals surface area contributed by atoms with Crippen molar-refractivity contribution in [3.05, 3.63) is 60.8 Å². The Labute approximate surface area is 200 Å². The fourth-order valence-corrected chi connectivity index (χ4v) is 3.95. The molecule has 11 heteroatoms. The number of fused-ring (bicyclic) bond motifs is 3. The van der Waals surface area contributed by atoms with Gasteiger partial charge < -0.3 is 19.7 Å². The molecule has 1 aliphatic rings. The first-order chi connectivity index (χ1) is 17.1. The largest absolute Gasteiger partial charge is 0.474 e. The van der Waals surface area contributed by atoms with E-state index in [1.807, 2.05) is 56.6 Å². The van der Waals surface area contributed by atoms with Crippen molar-refractivity contribution in [2.75, 3.05) is 37.1 Å². The average Bonchev–Trinajstić information content (AvgIpc) is 3.32. The van der Waals surface area contributed by atoms with E-state index in [4.69, 9.17) is 14.5 Å². The molecule has 0 fully saturated rings. The van der Waals surface area contributed by atoms with Crippen LogP contribution in [-0.2, 0) is 0 Å². The quantitative estimate of drug-likeness (QED) is 0.406. The van der Waals surface area contributed by atoms with E-state index in [1.54, 1.807) is 4.52 Å². The van der Waals surface area contributed by atoms with Crippen LogP contribution < -0.4 is 25.0 Å². The van der Waals surface area contributed by atoms with Crippen LogP contribution in [0.3, 0.4) is 0 Å². The van der Waals surface area contributed by atoms with Gasteiger partial charge in [-0.25, -0.2) is 24.5 Å². The number of ether oxygens (including phenoxy) is 2. The van der Waals surface area contributed by atoms with Gasteiger partial charge in [0.05, 0.1) is 5.52 Å². The second-order valence-electron chi connectivity index (χ2n) is 8.24. The predicted molar refractivity (Wildman–Crippen MR) is 132 cm³/mol. The van der Waals surface area contributed by atoms with Crippen LogP contribution in [0.2, 0.25) is 0 Å². The van der Waals surface area contributed by atoms with Gasteiger partial charge in [-0.3, -0.25) is 5.32 Å². The summed E-state index contributed by atoms with van der Waals surface area (Å²) in [5.74, 6) is 3.52. The maximum atomic E-state index is 6.09. The topological polar surface area (TPSA) is 115 Å². The molecule has 0 saturated carbocycles. The molecular weight excluding hydrogens is 446 g/mol. The summed E-state index contributed by atoms with van der Waals surface area (Å²) in [4.78, 5) is 20.0. The van der Waals surface area contributed by atoms with Gasteiger partial charge in [-0.2, -0.15) is 5.10 Å². The van der Waals surface area contributed by atoms with E-state index in [0.29, 0.717) is 35.1 Å². The number of likely N-dealkylation sites (N-methyl/N-ethyl adjacent to an activating group) is 1. The van der Waals surface area contributed by atoms with Crippen molar-refractivity contribution < 1.29 is 9.47 Å². The van der Waals surface area contributed by atoms with Crippen LogP contribution in [0.15, 0.2) is 55.2 Å². The number of rotatable bonds is 4. The lowest BCUT2D eigenvalue weighted by molar-refractivity contribution is 0.280. The standard InChI is InChI=1S/C24H23N9O2/c1-15-9-16(3-4-19(15)35-17-5-7-33-21(10-17)27-13-29-33)30-23-22-18(26-12-28-23)11-20-24(31-22)32(2)8-6-25-14-34-20/h3-5,7,9-13,25H,6,8,14H2,1-2H3,(H,26,28,30). The van der Waals surface area contributed by atoms with Crippen molar-refractivity contribution in [2.24, 2.45) is 0 Å². The summed E-state index contributed by atoms with van der Waals surface area (Å²) in [6.45, 7) is 4.06. The summed E-state index contributed by atoms with van der Waals surface area (Å²) in [5.41, 5.74) is 3.94. The number of aryl methyl sites for hydroxylation is 1. The summed E-state index contributed by atoms with van der Waals surface area (Å²) in [6, 6.07) is 11.5. The van der Waals surface area contributed by atoms with E-state index in [1.165, 1.54) is 12.7 Å². The first-order valence-electron chi connectivity index (χ1n) is 11.2. The van der Waals surface area contributed by atoms with Crippen molar-refractivity contribution in [2.45, 2.75) is 6.92 Å². The summed E-state index contributed by atoms with van der Waals surface area (Å²) in [5, 5.41) is 10.7. The zero-order chi connectivity index (χ0) is 23.8. The smallest absolute Gasteiger partial charge is 0.172 e. The molecule has 0 atom stereocenters. The Morgan fingerprint density at radius 1 is 1.09 bits per heavy atom. The molecule has 0 bridgehead atoms. The predicted octanol–water partition coefficient (Wildman–Crippen LogP) is 3.29. The van der Waals surface area contributed by atoms with Gasteiger partial charge in [0, 0.05) is 44.2 Å². The van der Waals surface area contributed by atoms with E-state index in [2.05, 4.69) is 35.6 Å². The SMILES string of the molecule is Cc1cc(Nc2ncnc3cc4c(nc23)N(C)CCNCO4)ccc1Oc1ccn2ncnc2c1. The number of benzene rings is 1. The maximum Gasteiger partial charge on any atom is 0.172 e. The van der Waals surface area contributed by atoms with Gasteiger partial charge in [-0.05, 0) is 36.8 Å². The van der Waals surface area contributed by atoms with E-state index < -0.39 is 0 Å². The van der Waals surface area contributed by atoms with Gasteiger partial charge >= 0.3 is 0 Å². The molecule has 1 aliphatic heterocycles. The lowest BCUT2D eigenvalue weighted by Crippen LogP contribution is -2.34. The second-order valence-corrected chi connectivity index (χ2v) is 8.24. The third-order valence-corrected chi connectivity index (χ3v) is 5.79. The van der Waals surface area contributed by atoms with Crippen LogP contribution in [0, 0.1) is 6.92 Å². The molecule has 4 aromatic heterocycles. The highest BCUT2D eigenvalue weighted by molar-refractivity contribution is 5.90. The zero-order valence-electron chi connectivity index (χ0n) is 19.3. The molecule has 35 heavy (non-hydrogen) atoms. The normalized spacial score (nSPS) is 13.7. The monoisotopic (exact) mass is 469 g/mol. The molecule has 5 heterocycles. The Kier molecular flexibility index (Phi) is 5.23. The zero-order valence-corrected chi connectivity index (χ0v) is 19.3. The molecule has 6 rings (SSSR count). The number of nitrogens with one attached hydrogen (secondary N) is 2. The Hall–Kier alpha value is -4.51. The fraction of sp³-hybridized carbons (Fsp3) is 0.208. The lowest BCUT2D eigenvalue weighted by Gasteiger charge is -2.25. The van der Waals surface area contributed by atoms with E-state index in [9.17, 15) is 0 Å². The van der Waals surface area contributed by atoms with Crippen LogP contribution in [-0.4, -0.2) is 56.4 Å². The molecule has 0 radical (unpaired) electrons. The Bertz CT molecular complexity index is 1530. The van der Waals surface area contributed by atoms with E-state index >= 15 is 0 Å². The molecular formula is C24H23N9O2. The summed E-state index contributed by atoms with van der Waals surface area (Å²) >= 11 is 0. The van der Waals surface area contributed by atoms with Crippen molar-refractivity contribution in [3.63, 3.8) is 0 Å². The maximum absolute atomic E-state index is 6.09. The van der Waals surface area contributed by atoms with E-state index in [-0.39, 0.29) is 0 Å². The number of anilines is 3. The fourth-order valence-electron chi connectivity index (χ4n) is 3.95. The Morgan fingerprint density at radius 3 is 2.94 bits per heavy atom. The molecule has 0 saturated heterocycles. The second kappa shape index (κ2) is 8.69. The van der Waals surface area contributed by atoms with Gasteiger partial charge in [0.15, 0.2) is 23.0 Å². The van der Waals surface area contributed by atoms with Gasteiger partial charge in [0.2, 0.25) is 0 Å². The van der Waals surface area contributed by atoms with E-state index in [0.717, 1.165) is 41.6 Å². The van der Waals surface area contributed by atoms with Gasteiger partial charge in [-0.1, -0.05) is 0 Å². The third kappa shape index (κ3) is 4.13. The number of pyridine rings is 2. The van der Waals surface area contributed by atoms with Gasteiger partial charge in [-0.15, -0.1) is 0 Å². The van der Waals surface area contributed by atoms with Crippen molar-refractivity contribution in [1.29, 1.82) is 0 Å².